The smallest absolute Gasteiger partial charge is 0.230 e. The van der Waals surface area contributed by atoms with Crippen LogP contribution in [-0.2, 0) is 4.79 Å². The third kappa shape index (κ3) is 3.52. The van der Waals surface area contributed by atoms with Crippen molar-refractivity contribution in [2.24, 2.45) is 0 Å². The lowest BCUT2D eigenvalue weighted by Crippen LogP contribution is -2.27. The molecular formula is C16H15N3OS3. The number of carbonyl (C=O) groups is 1. The number of nitrogens with zero attached hydrogens (tertiary/aromatic N) is 1. The molecule has 1 fully saturated rings. The number of thioether (sulfide) groups is 1. The molecule has 118 valence electrons. The number of hydrogen-bond donors (Lipinski definition) is 2. The molecule has 0 atom stereocenters. The topological polar surface area (TPSA) is 57.8 Å². The molecule has 2 N–H and O–H groups in total. The second-order valence-electron chi connectivity index (χ2n) is 5.35. The maximum atomic E-state index is 11.8. The average molecular weight is 362 g/mol. The fourth-order valence-electron chi connectivity index (χ4n) is 2.24. The first-order chi connectivity index (χ1) is 11.3. The van der Waals surface area contributed by atoms with Crippen LogP contribution in [0.3, 0.4) is 0 Å². The Bertz CT molecular complexity index is 737. The Morgan fingerprint density at radius 1 is 1.26 bits per heavy atom. The van der Waals surface area contributed by atoms with Gasteiger partial charge >= 0.3 is 0 Å². The van der Waals surface area contributed by atoms with Gasteiger partial charge in [0.15, 0.2) is 5.16 Å². The quantitative estimate of drug-likeness (QED) is 0.646. The first kappa shape index (κ1) is 15.0. The Morgan fingerprint density at radius 3 is 2.65 bits per heavy atom. The lowest BCUT2D eigenvalue weighted by molar-refractivity contribution is -0.118. The number of nitrogens with one attached hydrogen (secondary N) is 2. The predicted molar refractivity (Wildman–Crippen MR) is 97.1 cm³/mol. The zero-order valence-electron chi connectivity index (χ0n) is 12.2. The van der Waals surface area contributed by atoms with Crippen LogP contribution in [0.4, 0.5) is 0 Å². The monoisotopic (exact) mass is 361 g/mol. The lowest BCUT2D eigenvalue weighted by Gasteiger charge is -2.00. The number of amides is 1. The van der Waals surface area contributed by atoms with E-state index < -0.39 is 0 Å². The van der Waals surface area contributed by atoms with Gasteiger partial charge in [-0.05, 0) is 35.7 Å². The van der Waals surface area contributed by atoms with Crippen LogP contribution in [0.25, 0.3) is 21.1 Å². The Kier molecular flexibility index (Phi) is 4.24. The summed E-state index contributed by atoms with van der Waals surface area (Å²) in [6.45, 7) is 0. The SMILES string of the molecule is O=C(CSc1nc(-c2cccs2)c(-c2cccs2)[nH]1)NC1CC1. The number of imidazole rings is 1. The third-order valence-electron chi connectivity index (χ3n) is 3.49. The van der Waals surface area contributed by atoms with Crippen molar-refractivity contribution in [3.8, 4) is 21.1 Å². The summed E-state index contributed by atoms with van der Waals surface area (Å²) in [5, 5.41) is 7.91. The molecule has 1 amide bonds. The van der Waals surface area contributed by atoms with Crippen LogP contribution < -0.4 is 5.32 Å². The Labute approximate surface area is 146 Å². The van der Waals surface area contributed by atoms with Crippen LogP contribution in [-0.4, -0.2) is 27.7 Å². The van der Waals surface area contributed by atoms with E-state index in [9.17, 15) is 4.79 Å². The highest BCUT2D eigenvalue weighted by Gasteiger charge is 2.23. The molecule has 4 rings (SSSR count). The molecule has 7 heteroatoms. The first-order valence-electron chi connectivity index (χ1n) is 7.39. The molecule has 1 aliphatic rings. The second kappa shape index (κ2) is 6.51. The van der Waals surface area contributed by atoms with Crippen molar-refractivity contribution in [2.75, 3.05) is 5.75 Å². The van der Waals surface area contributed by atoms with E-state index in [2.05, 4.69) is 33.2 Å². The number of H-pyrrole nitrogens is 1. The number of carbonyl (C=O) groups excluding carboxylic acids is 1. The van der Waals surface area contributed by atoms with Gasteiger partial charge in [0.2, 0.25) is 5.91 Å². The van der Waals surface area contributed by atoms with Crippen LogP contribution >= 0.6 is 34.4 Å². The first-order valence-corrected chi connectivity index (χ1v) is 10.1. The van der Waals surface area contributed by atoms with Crippen molar-refractivity contribution in [1.29, 1.82) is 0 Å². The van der Waals surface area contributed by atoms with Gasteiger partial charge in [0.25, 0.3) is 0 Å². The Hall–Kier alpha value is -1.57. The number of hydrogen-bond acceptors (Lipinski definition) is 5. The maximum absolute atomic E-state index is 11.8. The minimum atomic E-state index is 0.0873. The highest BCUT2D eigenvalue weighted by Crippen LogP contribution is 2.36. The lowest BCUT2D eigenvalue weighted by atomic mass is 10.2. The Morgan fingerprint density at radius 2 is 2.00 bits per heavy atom. The van der Waals surface area contributed by atoms with Gasteiger partial charge < -0.3 is 10.3 Å². The summed E-state index contributed by atoms with van der Waals surface area (Å²) in [6, 6.07) is 8.64. The molecule has 1 saturated carbocycles. The van der Waals surface area contributed by atoms with Crippen molar-refractivity contribution in [1.82, 2.24) is 15.3 Å². The maximum Gasteiger partial charge on any atom is 0.230 e. The molecular weight excluding hydrogens is 346 g/mol. The molecule has 0 bridgehead atoms. The van der Waals surface area contributed by atoms with E-state index in [4.69, 9.17) is 4.98 Å². The molecule has 23 heavy (non-hydrogen) atoms. The third-order valence-corrected chi connectivity index (χ3v) is 6.12. The molecule has 1 aliphatic carbocycles. The van der Waals surface area contributed by atoms with Crippen LogP contribution in [0.15, 0.2) is 40.2 Å². The molecule has 3 aromatic rings. The van der Waals surface area contributed by atoms with Crippen molar-refractivity contribution in [2.45, 2.75) is 24.0 Å². The summed E-state index contributed by atoms with van der Waals surface area (Å²) in [4.78, 5) is 22.3. The highest BCUT2D eigenvalue weighted by atomic mass is 32.2. The zero-order chi connectivity index (χ0) is 15.6. The molecule has 3 aromatic heterocycles. The number of aromatic amines is 1. The second-order valence-corrected chi connectivity index (χ2v) is 8.21. The van der Waals surface area contributed by atoms with Gasteiger partial charge in [0.1, 0.15) is 5.69 Å². The van der Waals surface area contributed by atoms with Gasteiger partial charge in [-0.1, -0.05) is 23.9 Å². The fraction of sp³-hybridized carbons (Fsp3) is 0.250. The van der Waals surface area contributed by atoms with Crippen LogP contribution in [0, 0.1) is 0 Å². The van der Waals surface area contributed by atoms with E-state index >= 15 is 0 Å². The summed E-state index contributed by atoms with van der Waals surface area (Å²) >= 11 is 4.82. The standard InChI is InChI=1S/C16H15N3OS3/c20-13(17-10-5-6-10)9-23-16-18-14(11-3-1-7-21-11)15(19-16)12-4-2-8-22-12/h1-4,7-8,10H,5-6,9H2,(H,17,20)(H,18,19). The van der Waals surface area contributed by atoms with Crippen LogP contribution in [0.5, 0.6) is 0 Å². The molecule has 0 spiro atoms. The van der Waals surface area contributed by atoms with Crippen molar-refractivity contribution >= 4 is 40.3 Å². The fourth-order valence-corrected chi connectivity index (χ4v) is 4.37. The van der Waals surface area contributed by atoms with Crippen LogP contribution in [0.2, 0.25) is 0 Å². The average Bonchev–Trinajstić information content (AvgIpc) is 3.05. The normalized spacial score (nSPS) is 14.1. The summed E-state index contributed by atoms with van der Waals surface area (Å²) in [5.74, 6) is 0.488. The van der Waals surface area contributed by atoms with Gasteiger partial charge in [-0.25, -0.2) is 4.98 Å². The molecule has 0 aliphatic heterocycles. The molecule has 0 aromatic carbocycles. The van der Waals surface area contributed by atoms with E-state index in [1.54, 1.807) is 22.7 Å². The zero-order valence-corrected chi connectivity index (χ0v) is 14.7. The largest absolute Gasteiger partial charge is 0.353 e. The summed E-state index contributed by atoms with van der Waals surface area (Å²) in [6.07, 6.45) is 2.23. The predicted octanol–water partition coefficient (Wildman–Crippen LogP) is 4.24. The van der Waals surface area contributed by atoms with Crippen LogP contribution in [0.1, 0.15) is 12.8 Å². The number of rotatable bonds is 6. The minimum absolute atomic E-state index is 0.0873. The highest BCUT2D eigenvalue weighted by molar-refractivity contribution is 7.99. The van der Waals surface area contributed by atoms with E-state index in [0.717, 1.165) is 39.1 Å². The summed E-state index contributed by atoms with van der Waals surface area (Å²) < 4.78 is 0. The molecule has 0 saturated heterocycles. The van der Waals surface area contributed by atoms with Crippen molar-refractivity contribution in [3.63, 3.8) is 0 Å². The van der Waals surface area contributed by atoms with Gasteiger partial charge in [0.05, 0.1) is 21.2 Å². The van der Waals surface area contributed by atoms with E-state index in [-0.39, 0.29) is 5.91 Å². The van der Waals surface area contributed by atoms with Crippen molar-refractivity contribution < 1.29 is 4.79 Å². The van der Waals surface area contributed by atoms with Crippen molar-refractivity contribution in [3.05, 3.63) is 35.0 Å². The van der Waals surface area contributed by atoms with E-state index in [0.29, 0.717) is 11.8 Å². The summed E-state index contributed by atoms with van der Waals surface area (Å²) in [5.41, 5.74) is 2.00. The van der Waals surface area contributed by atoms with E-state index in [1.165, 1.54) is 11.8 Å². The molecule has 0 radical (unpaired) electrons. The molecule has 3 heterocycles. The van der Waals surface area contributed by atoms with E-state index in [1.807, 2.05) is 12.1 Å². The van der Waals surface area contributed by atoms with Gasteiger partial charge in [0, 0.05) is 6.04 Å². The summed E-state index contributed by atoms with van der Waals surface area (Å²) in [7, 11) is 0. The number of thiophene rings is 2. The van der Waals surface area contributed by atoms with Gasteiger partial charge in [-0.15, -0.1) is 22.7 Å². The van der Waals surface area contributed by atoms with Gasteiger partial charge in [-0.2, -0.15) is 0 Å². The molecule has 4 nitrogen and oxygen atoms in total. The molecule has 0 unspecified atom stereocenters. The minimum Gasteiger partial charge on any atom is -0.353 e. The van der Waals surface area contributed by atoms with Gasteiger partial charge in [-0.3, -0.25) is 4.79 Å². The Balaban J connectivity index is 1.56. The number of aromatic nitrogens is 2.